The van der Waals surface area contributed by atoms with Crippen molar-refractivity contribution in [2.75, 3.05) is 0 Å². The van der Waals surface area contributed by atoms with Gasteiger partial charge in [0.15, 0.2) is 0 Å². The van der Waals surface area contributed by atoms with Crippen LogP contribution in [0, 0.1) is 5.41 Å². The maximum absolute atomic E-state index is 5.77. The van der Waals surface area contributed by atoms with Gasteiger partial charge in [0.05, 0.1) is 0 Å². The van der Waals surface area contributed by atoms with Gasteiger partial charge in [-0.3, -0.25) is 0 Å². The Balaban J connectivity index is 1.95. The van der Waals surface area contributed by atoms with E-state index in [4.69, 9.17) is 4.74 Å². The summed E-state index contributed by atoms with van der Waals surface area (Å²) in [6.07, 6.45) is 6.21. The van der Waals surface area contributed by atoms with Crippen molar-refractivity contribution in [1.82, 2.24) is 0 Å². The highest BCUT2D eigenvalue weighted by Gasteiger charge is 2.06. The van der Waals surface area contributed by atoms with Crippen LogP contribution in [0.25, 0.3) is 6.08 Å². The zero-order valence-corrected chi connectivity index (χ0v) is 12.8. The molecule has 0 saturated carbocycles. The molecule has 0 N–H and O–H groups in total. The molecular formula is C20H22O. The van der Waals surface area contributed by atoms with Crippen LogP contribution in [0.3, 0.4) is 0 Å². The highest BCUT2D eigenvalue weighted by Crippen LogP contribution is 2.21. The van der Waals surface area contributed by atoms with Crippen LogP contribution in [-0.4, -0.2) is 0 Å². The number of hydrogen-bond acceptors (Lipinski definition) is 1. The van der Waals surface area contributed by atoms with Crippen molar-refractivity contribution in [3.05, 3.63) is 84.5 Å². The van der Waals surface area contributed by atoms with Crippen LogP contribution < -0.4 is 4.74 Å². The summed E-state index contributed by atoms with van der Waals surface area (Å²) >= 11 is 0. The Bertz CT molecular complexity index is 591. The molecule has 0 unspecified atom stereocenters. The lowest BCUT2D eigenvalue weighted by Gasteiger charge is -2.13. The van der Waals surface area contributed by atoms with Crippen molar-refractivity contribution in [1.29, 1.82) is 0 Å². The first-order valence-electron chi connectivity index (χ1n) is 7.19. The van der Waals surface area contributed by atoms with Crippen LogP contribution in [0.15, 0.2) is 73.3 Å². The zero-order chi connectivity index (χ0) is 15.1. The van der Waals surface area contributed by atoms with E-state index >= 15 is 0 Å². The third-order valence-corrected chi connectivity index (χ3v) is 3.36. The predicted octanol–water partition coefficient (Wildman–Crippen LogP) is 5.49. The SMILES string of the molecule is C=CC(C)(C)/C=C/c1ccc(OCc2ccccc2)cc1. The summed E-state index contributed by atoms with van der Waals surface area (Å²) in [5.41, 5.74) is 2.36. The van der Waals surface area contributed by atoms with Crippen molar-refractivity contribution in [3.63, 3.8) is 0 Å². The van der Waals surface area contributed by atoms with Gasteiger partial charge in [-0.25, -0.2) is 0 Å². The maximum atomic E-state index is 5.77. The first kappa shape index (κ1) is 15.1. The fourth-order valence-corrected chi connectivity index (χ4v) is 1.80. The van der Waals surface area contributed by atoms with Gasteiger partial charge >= 0.3 is 0 Å². The normalized spacial score (nSPS) is 11.5. The first-order chi connectivity index (χ1) is 10.1. The molecule has 0 saturated heterocycles. The molecule has 0 heterocycles. The van der Waals surface area contributed by atoms with Gasteiger partial charge in [-0.05, 0) is 23.3 Å². The van der Waals surface area contributed by atoms with Crippen molar-refractivity contribution < 1.29 is 4.74 Å². The van der Waals surface area contributed by atoms with E-state index in [9.17, 15) is 0 Å². The molecule has 0 aliphatic rings. The molecule has 0 fully saturated rings. The lowest BCUT2D eigenvalue weighted by atomic mass is 9.92. The average Bonchev–Trinajstić information content (AvgIpc) is 2.53. The molecule has 2 aromatic rings. The van der Waals surface area contributed by atoms with E-state index in [0.717, 1.165) is 11.3 Å². The van der Waals surface area contributed by atoms with E-state index in [2.05, 4.69) is 56.8 Å². The van der Waals surface area contributed by atoms with Crippen molar-refractivity contribution in [2.24, 2.45) is 5.41 Å². The molecule has 1 nitrogen and oxygen atoms in total. The Morgan fingerprint density at radius 3 is 2.29 bits per heavy atom. The molecule has 0 radical (unpaired) electrons. The standard InChI is InChI=1S/C20H22O/c1-4-20(2,3)15-14-17-10-12-19(13-11-17)21-16-18-8-6-5-7-9-18/h4-15H,1,16H2,2-3H3/b15-14+. The monoisotopic (exact) mass is 278 g/mol. The Morgan fingerprint density at radius 2 is 1.67 bits per heavy atom. The smallest absolute Gasteiger partial charge is 0.119 e. The minimum absolute atomic E-state index is 0.0163. The maximum Gasteiger partial charge on any atom is 0.119 e. The molecular weight excluding hydrogens is 256 g/mol. The molecule has 0 aliphatic heterocycles. The lowest BCUT2D eigenvalue weighted by Crippen LogP contribution is -2.00. The van der Waals surface area contributed by atoms with E-state index in [0.29, 0.717) is 6.61 Å². The van der Waals surface area contributed by atoms with Gasteiger partial charge in [-0.15, -0.1) is 6.58 Å². The molecule has 0 aromatic heterocycles. The Hall–Kier alpha value is -2.28. The molecule has 0 spiro atoms. The number of allylic oxidation sites excluding steroid dienone is 2. The average molecular weight is 278 g/mol. The van der Waals surface area contributed by atoms with Gasteiger partial charge in [-0.2, -0.15) is 0 Å². The van der Waals surface area contributed by atoms with Crippen molar-refractivity contribution in [3.8, 4) is 5.75 Å². The molecule has 0 bridgehead atoms. The van der Waals surface area contributed by atoms with Gasteiger partial charge in [-0.1, -0.05) is 74.5 Å². The molecule has 108 valence electrons. The summed E-state index contributed by atoms with van der Waals surface area (Å²) in [4.78, 5) is 0. The molecule has 1 heteroatoms. The zero-order valence-electron chi connectivity index (χ0n) is 12.8. The Kier molecular flexibility index (Phi) is 4.99. The lowest BCUT2D eigenvalue weighted by molar-refractivity contribution is 0.306. The Morgan fingerprint density at radius 1 is 1.00 bits per heavy atom. The minimum atomic E-state index is 0.0163. The van der Waals surface area contributed by atoms with Gasteiger partial charge in [0.1, 0.15) is 12.4 Å². The summed E-state index contributed by atoms with van der Waals surface area (Å²) in [6, 6.07) is 18.3. The summed E-state index contributed by atoms with van der Waals surface area (Å²) in [7, 11) is 0. The fourth-order valence-electron chi connectivity index (χ4n) is 1.80. The van der Waals surface area contributed by atoms with E-state index < -0.39 is 0 Å². The summed E-state index contributed by atoms with van der Waals surface area (Å²) in [6.45, 7) is 8.70. The largest absolute Gasteiger partial charge is 0.489 e. The topological polar surface area (TPSA) is 9.23 Å². The van der Waals surface area contributed by atoms with Gasteiger partial charge in [0, 0.05) is 5.41 Å². The number of benzene rings is 2. The van der Waals surface area contributed by atoms with E-state index in [1.54, 1.807) is 0 Å². The van der Waals surface area contributed by atoms with Crippen molar-refractivity contribution >= 4 is 6.08 Å². The van der Waals surface area contributed by atoms with Crippen LogP contribution in [0.4, 0.5) is 0 Å². The predicted molar refractivity (Wildman–Crippen MR) is 90.2 cm³/mol. The van der Waals surface area contributed by atoms with Crippen LogP contribution in [-0.2, 0) is 6.61 Å². The fraction of sp³-hybridized carbons (Fsp3) is 0.200. The van der Waals surface area contributed by atoms with E-state index in [-0.39, 0.29) is 5.41 Å². The molecule has 0 amide bonds. The first-order valence-corrected chi connectivity index (χ1v) is 7.19. The highest BCUT2D eigenvalue weighted by molar-refractivity contribution is 5.51. The van der Waals surface area contributed by atoms with E-state index in [1.807, 2.05) is 36.4 Å². The van der Waals surface area contributed by atoms with Crippen LogP contribution in [0.1, 0.15) is 25.0 Å². The third kappa shape index (κ3) is 4.96. The molecule has 2 aromatic carbocycles. The summed E-state index contributed by atoms with van der Waals surface area (Å²) in [5.74, 6) is 0.888. The number of rotatable bonds is 6. The second kappa shape index (κ2) is 6.94. The van der Waals surface area contributed by atoms with Crippen molar-refractivity contribution in [2.45, 2.75) is 20.5 Å². The Labute approximate surface area is 127 Å². The van der Waals surface area contributed by atoms with Gasteiger partial charge in [0.2, 0.25) is 0 Å². The second-order valence-electron chi connectivity index (χ2n) is 5.70. The molecule has 0 aliphatic carbocycles. The summed E-state index contributed by atoms with van der Waals surface area (Å²) in [5, 5.41) is 0. The third-order valence-electron chi connectivity index (χ3n) is 3.36. The van der Waals surface area contributed by atoms with Gasteiger partial charge < -0.3 is 4.74 Å². The highest BCUT2D eigenvalue weighted by atomic mass is 16.5. The minimum Gasteiger partial charge on any atom is -0.489 e. The molecule has 2 rings (SSSR count). The molecule has 0 atom stereocenters. The van der Waals surface area contributed by atoms with Crippen LogP contribution >= 0.6 is 0 Å². The quantitative estimate of drug-likeness (QED) is 0.635. The number of ether oxygens (including phenoxy) is 1. The van der Waals surface area contributed by atoms with Crippen LogP contribution in [0.2, 0.25) is 0 Å². The molecule has 21 heavy (non-hydrogen) atoms. The number of hydrogen-bond donors (Lipinski definition) is 0. The van der Waals surface area contributed by atoms with Crippen LogP contribution in [0.5, 0.6) is 5.75 Å². The van der Waals surface area contributed by atoms with Gasteiger partial charge in [0.25, 0.3) is 0 Å². The van der Waals surface area contributed by atoms with E-state index in [1.165, 1.54) is 5.56 Å². The summed E-state index contributed by atoms with van der Waals surface area (Å²) < 4.78 is 5.77. The second-order valence-corrected chi connectivity index (χ2v) is 5.70.